The molecule has 9 aromatic carbocycles. The molecule has 12 rings (SSSR count). The summed E-state index contributed by atoms with van der Waals surface area (Å²) in [6.45, 7) is 4.65. The van der Waals surface area contributed by atoms with Gasteiger partial charge in [-0.2, -0.15) is 13.7 Å². The molecule has 0 bridgehead atoms. The van der Waals surface area contributed by atoms with E-state index in [0.29, 0.717) is 0 Å². The molecule has 79 heavy (non-hydrogen) atoms. The number of nitrogens with zero attached hydrogens (tertiary/aromatic N) is 4. The molecule has 0 atom stereocenters. The second-order valence-electron chi connectivity index (χ2n) is 20.1. The normalized spacial score (nSPS) is 11.2. The van der Waals surface area contributed by atoms with Crippen molar-refractivity contribution < 1.29 is 13.7 Å². The van der Waals surface area contributed by atoms with E-state index in [0.717, 1.165) is 39.3 Å². The molecule has 0 fully saturated rings. The van der Waals surface area contributed by atoms with E-state index >= 15 is 0 Å². The van der Waals surface area contributed by atoms with Crippen molar-refractivity contribution in [1.29, 1.82) is 0 Å². The van der Waals surface area contributed by atoms with Gasteiger partial charge in [-0.05, 0) is 106 Å². The summed E-state index contributed by atoms with van der Waals surface area (Å²) in [7, 11) is 0. The highest BCUT2D eigenvalue weighted by Gasteiger charge is 2.29. The van der Waals surface area contributed by atoms with Crippen molar-refractivity contribution in [3.8, 4) is 101 Å². The van der Waals surface area contributed by atoms with Gasteiger partial charge in [-0.25, -0.2) is 0 Å². The van der Waals surface area contributed by atoms with E-state index < -0.39 is 0 Å². The van der Waals surface area contributed by atoms with Crippen LogP contribution in [0.5, 0.6) is 0 Å². The molecule has 0 radical (unpaired) electrons. The molecule has 3 heterocycles. The van der Waals surface area contributed by atoms with E-state index in [1.54, 1.807) is 0 Å². The Labute approximate surface area is 465 Å². The van der Waals surface area contributed by atoms with Gasteiger partial charge in [-0.3, -0.25) is 4.90 Å². The highest BCUT2D eigenvalue weighted by atomic mass is 15.2. The number of benzene rings is 9. The van der Waals surface area contributed by atoms with Crippen molar-refractivity contribution in [3.05, 3.63) is 309 Å². The summed E-state index contributed by atoms with van der Waals surface area (Å²) in [6, 6.07) is 112. The van der Waals surface area contributed by atoms with Gasteiger partial charge < -0.3 is 0 Å². The largest absolute Gasteiger partial charge is 0.285 e. The minimum atomic E-state index is 0.757. The molecule has 380 valence electrons. The predicted octanol–water partition coefficient (Wildman–Crippen LogP) is 16.3. The Morgan fingerprint density at radius 3 is 0.494 bits per heavy atom. The van der Waals surface area contributed by atoms with Gasteiger partial charge in [0.25, 0.3) is 0 Å². The average molecular weight is 1020 g/mol. The maximum atomic E-state index is 2.71. The fraction of sp³-hybridized carbons (Fsp3) is 0.0800. The van der Waals surface area contributed by atoms with Gasteiger partial charge in [-0.1, -0.05) is 200 Å². The van der Waals surface area contributed by atoms with E-state index in [1.807, 2.05) is 0 Å². The second kappa shape index (κ2) is 24.2. The van der Waals surface area contributed by atoms with Gasteiger partial charge in [0.05, 0.1) is 19.6 Å². The van der Waals surface area contributed by atoms with Crippen LogP contribution in [0.4, 0.5) is 0 Å². The van der Waals surface area contributed by atoms with Crippen molar-refractivity contribution in [3.63, 3.8) is 0 Å². The fourth-order valence-electron chi connectivity index (χ4n) is 11.1. The monoisotopic (exact) mass is 1020 g/mol. The summed E-state index contributed by atoms with van der Waals surface area (Å²) >= 11 is 0. The summed E-state index contributed by atoms with van der Waals surface area (Å²) in [5.41, 5.74) is 21.4. The molecule has 0 spiro atoms. The third-order valence-electron chi connectivity index (χ3n) is 15.2. The standard InChI is InChI=1S/C75H63N4/c1-10-28-58(29-11-1)67-52-70(61-34-16-4-17-35-61)77(71(53-67)62-36-18-5-19-37-62)49-46-76(47-50-78-72(63-38-20-6-21-39-63)54-68(59-30-12-2-13-31-59)55-73(78)64-40-22-7-23-41-64)48-51-79-74(65-42-24-8-25-43-65)56-69(60-32-14-3-15-33-60)57-75(79)66-44-26-9-27-45-66/h1-45,52-57H,46-51H2/q+3. The van der Waals surface area contributed by atoms with Crippen LogP contribution in [0.2, 0.25) is 0 Å². The molecule has 0 saturated heterocycles. The van der Waals surface area contributed by atoms with E-state index in [-0.39, 0.29) is 0 Å². The van der Waals surface area contributed by atoms with Gasteiger partial charge in [0, 0.05) is 69.8 Å². The van der Waals surface area contributed by atoms with Crippen molar-refractivity contribution in [1.82, 2.24) is 4.90 Å². The molecule has 0 aliphatic carbocycles. The smallest absolute Gasteiger partial charge is 0.213 e. The first kappa shape index (κ1) is 50.2. The van der Waals surface area contributed by atoms with Gasteiger partial charge in [-0.15, -0.1) is 0 Å². The van der Waals surface area contributed by atoms with Crippen LogP contribution in [0.25, 0.3) is 101 Å². The van der Waals surface area contributed by atoms with Crippen LogP contribution in [0.3, 0.4) is 0 Å². The van der Waals surface area contributed by atoms with Gasteiger partial charge >= 0.3 is 0 Å². The third-order valence-corrected chi connectivity index (χ3v) is 15.2. The Hall–Kier alpha value is -9.61. The average Bonchev–Trinajstić information content (AvgIpc) is 3.56. The quantitative estimate of drug-likeness (QED) is 0.0782. The van der Waals surface area contributed by atoms with Gasteiger partial charge in [0.1, 0.15) is 0 Å². The number of pyridine rings is 3. The van der Waals surface area contributed by atoms with Crippen LogP contribution < -0.4 is 13.7 Å². The van der Waals surface area contributed by atoms with Crippen LogP contribution in [0, 0.1) is 0 Å². The van der Waals surface area contributed by atoms with E-state index in [1.165, 1.54) is 101 Å². The first-order valence-corrected chi connectivity index (χ1v) is 27.6. The lowest BCUT2D eigenvalue weighted by Gasteiger charge is -2.22. The molecule has 0 aliphatic rings. The van der Waals surface area contributed by atoms with Gasteiger partial charge in [0.15, 0.2) is 19.6 Å². The van der Waals surface area contributed by atoms with E-state index in [2.05, 4.69) is 328 Å². The summed E-state index contributed by atoms with van der Waals surface area (Å²) in [5, 5.41) is 0. The lowest BCUT2D eigenvalue weighted by Crippen LogP contribution is -2.51. The molecule has 12 aromatic rings. The molecule has 4 heteroatoms. The maximum Gasteiger partial charge on any atom is 0.213 e. The summed E-state index contributed by atoms with van der Waals surface area (Å²) in [6.07, 6.45) is 0. The van der Waals surface area contributed by atoms with Gasteiger partial charge in [0.2, 0.25) is 34.2 Å². The Kier molecular flexibility index (Phi) is 15.4. The number of hydrogen-bond acceptors (Lipinski definition) is 1. The SMILES string of the molecule is c1ccc(-c2cc(-c3ccccc3)[n+](CCN(CC[n+]3c(-c4ccccc4)cc(-c4ccccc4)cc3-c3ccccc3)CC[n+]3c(-c4ccccc4)cc(-c4ccccc4)cc3-c3ccccc3)c(-c3ccccc3)c2)cc1. The summed E-state index contributed by atoms with van der Waals surface area (Å²) in [4.78, 5) is 2.71. The highest BCUT2D eigenvalue weighted by Crippen LogP contribution is 2.33. The molecule has 0 amide bonds. The minimum Gasteiger partial charge on any atom is -0.285 e. The minimum absolute atomic E-state index is 0.757. The molecule has 0 unspecified atom stereocenters. The van der Waals surface area contributed by atoms with Crippen LogP contribution >= 0.6 is 0 Å². The molecule has 3 aromatic heterocycles. The number of rotatable bonds is 18. The van der Waals surface area contributed by atoms with Crippen LogP contribution in [0.15, 0.2) is 309 Å². The number of hydrogen-bond donors (Lipinski definition) is 0. The predicted molar refractivity (Wildman–Crippen MR) is 325 cm³/mol. The first-order valence-electron chi connectivity index (χ1n) is 27.6. The Balaban J connectivity index is 1.01. The van der Waals surface area contributed by atoms with E-state index in [9.17, 15) is 0 Å². The fourth-order valence-corrected chi connectivity index (χ4v) is 11.1. The Morgan fingerprint density at radius 2 is 0.329 bits per heavy atom. The van der Waals surface area contributed by atoms with Crippen molar-refractivity contribution in [2.45, 2.75) is 19.6 Å². The molecule has 4 nitrogen and oxygen atoms in total. The zero-order chi connectivity index (χ0) is 53.0. The summed E-state index contributed by atoms with van der Waals surface area (Å²) < 4.78 is 7.72. The van der Waals surface area contributed by atoms with Crippen molar-refractivity contribution in [2.75, 3.05) is 19.6 Å². The second-order valence-corrected chi connectivity index (χ2v) is 20.1. The number of aromatic nitrogens is 3. The molecule has 0 aliphatic heterocycles. The van der Waals surface area contributed by atoms with Crippen LogP contribution in [-0.4, -0.2) is 24.5 Å². The lowest BCUT2D eigenvalue weighted by atomic mass is 9.98. The zero-order valence-electron chi connectivity index (χ0n) is 44.5. The molecule has 0 saturated carbocycles. The van der Waals surface area contributed by atoms with Crippen LogP contribution in [-0.2, 0) is 19.6 Å². The van der Waals surface area contributed by atoms with Crippen molar-refractivity contribution >= 4 is 0 Å². The first-order chi connectivity index (χ1) is 39.2. The van der Waals surface area contributed by atoms with E-state index in [4.69, 9.17) is 0 Å². The lowest BCUT2D eigenvalue weighted by molar-refractivity contribution is -0.685. The third kappa shape index (κ3) is 11.6. The molecule has 0 N–H and O–H groups in total. The van der Waals surface area contributed by atoms with Crippen molar-refractivity contribution in [2.24, 2.45) is 0 Å². The topological polar surface area (TPSA) is 14.9 Å². The summed E-state index contributed by atoms with van der Waals surface area (Å²) in [5.74, 6) is 0. The molecular formula is C75H63N4+3. The Morgan fingerprint density at radius 1 is 0.177 bits per heavy atom. The Bertz CT molecular complexity index is 3300. The maximum absolute atomic E-state index is 2.71. The highest BCUT2D eigenvalue weighted by molar-refractivity contribution is 5.76. The zero-order valence-corrected chi connectivity index (χ0v) is 44.5. The molecular weight excluding hydrogens is 957 g/mol. The van der Waals surface area contributed by atoms with Crippen LogP contribution in [0.1, 0.15) is 0 Å².